The van der Waals surface area contributed by atoms with Crippen molar-refractivity contribution < 1.29 is 13.2 Å². The maximum atomic E-state index is 12.6. The van der Waals surface area contributed by atoms with E-state index >= 15 is 0 Å². The van der Waals surface area contributed by atoms with Crippen LogP contribution in [0.3, 0.4) is 0 Å². The van der Waals surface area contributed by atoms with Crippen LogP contribution in [-0.4, -0.2) is 38.3 Å². The molecule has 0 atom stereocenters. The number of pyridine rings is 1. The smallest absolute Gasteiger partial charge is 0.263 e. The van der Waals surface area contributed by atoms with Gasteiger partial charge in [0.05, 0.1) is 11.3 Å². The minimum Gasteiger partial charge on any atom is -0.345 e. The van der Waals surface area contributed by atoms with Gasteiger partial charge in [0.25, 0.3) is 15.9 Å². The van der Waals surface area contributed by atoms with Crippen molar-refractivity contribution in [2.75, 3.05) is 18.8 Å². The van der Waals surface area contributed by atoms with Gasteiger partial charge in [-0.1, -0.05) is 25.5 Å². The monoisotopic (exact) mass is 375 g/mol. The first-order valence-electron chi connectivity index (χ1n) is 8.54. The van der Waals surface area contributed by atoms with Gasteiger partial charge in [0.1, 0.15) is 4.90 Å². The van der Waals surface area contributed by atoms with E-state index in [9.17, 15) is 13.2 Å². The summed E-state index contributed by atoms with van der Waals surface area (Å²) in [4.78, 5) is 17.6. The van der Waals surface area contributed by atoms with Crippen LogP contribution in [0.15, 0.2) is 41.4 Å². The van der Waals surface area contributed by atoms with Gasteiger partial charge in [-0.05, 0) is 43.5 Å². The van der Waals surface area contributed by atoms with Crippen molar-refractivity contribution in [2.45, 2.75) is 38.0 Å². The highest BCUT2D eigenvalue weighted by Gasteiger charge is 2.20. The SMILES string of the molecule is CCCCc1ccc(NS(=O)(=O)c2cnc(C)c(C(=O)N(C)C)c2)cc1. The fourth-order valence-electron chi connectivity index (χ4n) is 2.45. The molecule has 0 spiro atoms. The van der Waals surface area contributed by atoms with Crippen LogP contribution >= 0.6 is 0 Å². The zero-order valence-electron chi connectivity index (χ0n) is 15.6. The first-order valence-corrected chi connectivity index (χ1v) is 10.0. The quantitative estimate of drug-likeness (QED) is 0.806. The number of sulfonamides is 1. The van der Waals surface area contributed by atoms with Crippen LogP contribution in [0, 0.1) is 6.92 Å². The van der Waals surface area contributed by atoms with E-state index in [1.54, 1.807) is 33.2 Å². The number of aromatic nitrogens is 1. The summed E-state index contributed by atoms with van der Waals surface area (Å²) in [5.74, 6) is -0.285. The second-order valence-electron chi connectivity index (χ2n) is 6.41. The van der Waals surface area contributed by atoms with Gasteiger partial charge in [-0.15, -0.1) is 0 Å². The topological polar surface area (TPSA) is 79.4 Å². The number of carbonyl (C=O) groups is 1. The highest BCUT2D eigenvalue weighted by Crippen LogP contribution is 2.19. The number of nitrogens with zero attached hydrogens (tertiary/aromatic N) is 2. The van der Waals surface area contributed by atoms with E-state index in [1.165, 1.54) is 22.7 Å². The molecule has 2 aromatic rings. The lowest BCUT2D eigenvalue weighted by molar-refractivity contribution is 0.0826. The average molecular weight is 375 g/mol. The Bertz CT molecular complexity index is 875. The molecule has 1 N–H and O–H groups in total. The summed E-state index contributed by atoms with van der Waals surface area (Å²) in [6.45, 7) is 3.81. The maximum Gasteiger partial charge on any atom is 0.263 e. The van der Waals surface area contributed by atoms with Crippen LogP contribution in [0.1, 0.15) is 41.4 Å². The lowest BCUT2D eigenvalue weighted by Gasteiger charge is -2.14. The third-order valence-corrected chi connectivity index (χ3v) is 5.38. The van der Waals surface area contributed by atoms with E-state index in [-0.39, 0.29) is 16.4 Å². The van der Waals surface area contributed by atoms with Gasteiger partial charge < -0.3 is 4.90 Å². The van der Waals surface area contributed by atoms with Gasteiger partial charge in [-0.3, -0.25) is 14.5 Å². The van der Waals surface area contributed by atoms with E-state index < -0.39 is 10.0 Å². The molecule has 1 aromatic heterocycles. The predicted octanol–water partition coefficient (Wildman–Crippen LogP) is 3.24. The van der Waals surface area contributed by atoms with Crippen LogP contribution in [0.2, 0.25) is 0 Å². The maximum absolute atomic E-state index is 12.6. The fourth-order valence-corrected chi connectivity index (χ4v) is 3.48. The average Bonchev–Trinajstić information content (AvgIpc) is 2.60. The van der Waals surface area contributed by atoms with Crippen molar-refractivity contribution in [3.63, 3.8) is 0 Å². The molecule has 1 amide bonds. The minimum atomic E-state index is -3.82. The summed E-state index contributed by atoms with van der Waals surface area (Å²) in [5, 5.41) is 0. The van der Waals surface area contributed by atoms with Crippen molar-refractivity contribution in [1.29, 1.82) is 0 Å². The molecule has 1 aromatic carbocycles. The van der Waals surface area contributed by atoms with Crippen LogP contribution in [-0.2, 0) is 16.4 Å². The number of benzene rings is 1. The number of hydrogen-bond acceptors (Lipinski definition) is 4. The Morgan fingerprint density at radius 1 is 1.19 bits per heavy atom. The Hall–Kier alpha value is -2.41. The number of aryl methyl sites for hydroxylation is 2. The molecule has 0 radical (unpaired) electrons. The molecule has 0 bridgehead atoms. The summed E-state index contributed by atoms with van der Waals surface area (Å²) < 4.78 is 27.8. The molecule has 0 aliphatic carbocycles. The fraction of sp³-hybridized carbons (Fsp3) is 0.368. The lowest BCUT2D eigenvalue weighted by Crippen LogP contribution is -2.24. The van der Waals surface area contributed by atoms with Crippen molar-refractivity contribution in [3.8, 4) is 0 Å². The van der Waals surface area contributed by atoms with E-state index in [0.717, 1.165) is 19.3 Å². The number of unbranched alkanes of at least 4 members (excludes halogenated alkanes) is 1. The largest absolute Gasteiger partial charge is 0.345 e. The molecule has 1 heterocycles. The lowest BCUT2D eigenvalue weighted by atomic mass is 10.1. The molecule has 2 rings (SSSR count). The molecule has 0 fully saturated rings. The highest BCUT2D eigenvalue weighted by molar-refractivity contribution is 7.92. The Morgan fingerprint density at radius 3 is 2.42 bits per heavy atom. The van der Waals surface area contributed by atoms with Gasteiger partial charge in [0.2, 0.25) is 0 Å². The van der Waals surface area contributed by atoms with Crippen LogP contribution < -0.4 is 4.72 Å². The molecule has 6 nitrogen and oxygen atoms in total. The minimum absolute atomic E-state index is 0.0386. The second-order valence-corrected chi connectivity index (χ2v) is 8.09. The number of rotatable bonds is 7. The standard InChI is InChI=1S/C19H25N3O3S/c1-5-6-7-15-8-10-16(11-9-15)21-26(24,25)17-12-18(14(2)20-13-17)19(23)22(3)4/h8-13,21H,5-7H2,1-4H3. The van der Waals surface area contributed by atoms with Crippen LogP contribution in [0.5, 0.6) is 0 Å². The molecular weight excluding hydrogens is 350 g/mol. The number of amides is 1. The zero-order chi connectivity index (χ0) is 19.3. The number of anilines is 1. The zero-order valence-corrected chi connectivity index (χ0v) is 16.4. The van der Waals surface area contributed by atoms with Crippen molar-refractivity contribution in [1.82, 2.24) is 9.88 Å². The summed E-state index contributed by atoms with van der Waals surface area (Å²) in [6.07, 6.45) is 4.45. The molecule has 0 unspecified atom stereocenters. The summed E-state index contributed by atoms with van der Waals surface area (Å²) in [5.41, 5.74) is 2.41. The number of nitrogens with one attached hydrogen (secondary N) is 1. The first kappa shape index (κ1) is 19.9. The van der Waals surface area contributed by atoms with Crippen molar-refractivity contribution in [3.05, 3.63) is 53.3 Å². The molecule has 0 saturated heterocycles. The normalized spacial score (nSPS) is 11.2. The molecule has 0 saturated carbocycles. The Kier molecular flexibility index (Phi) is 6.37. The van der Waals surface area contributed by atoms with E-state index in [2.05, 4.69) is 16.6 Å². The second kappa shape index (κ2) is 8.31. The van der Waals surface area contributed by atoms with Gasteiger partial charge >= 0.3 is 0 Å². The van der Waals surface area contributed by atoms with Crippen molar-refractivity contribution in [2.24, 2.45) is 0 Å². The van der Waals surface area contributed by atoms with E-state index in [0.29, 0.717) is 11.4 Å². The van der Waals surface area contributed by atoms with Gasteiger partial charge in [-0.2, -0.15) is 0 Å². The molecular formula is C19H25N3O3S. The van der Waals surface area contributed by atoms with Crippen LogP contribution in [0.4, 0.5) is 5.69 Å². The molecule has 7 heteroatoms. The predicted molar refractivity (Wildman–Crippen MR) is 103 cm³/mol. The van der Waals surface area contributed by atoms with Crippen molar-refractivity contribution >= 4 is 21.6 Å². The first-order chi connectivity index (χ1) is 12.2. The molecule has 0 aliphatic heterocycles. The van der Waals surface area contributed by atoms with Gasteiger partial charge in [0, 0.05) is 26.0 Å². The molecule has 0 aliphatic rings. The summed E-state index contributed by atoms with van der Waals surface area (Å²) in [6, 6.07) is 8.69. The number of hydrogen-bond donors (Lipinski definition) is 1. The summed E-state index contributed by atoms with van der Waals surface area (Å²) in [7, 11) is -0.600. The highest BCUT2D eigenvalue weighted by atomic mass is 32.2. The van der Waals surface area contributed by atoms with Gasteiger partial charge in [0.15, 0.2) is 0 Å². The Labute approximate surface area is 155 Å². The van der Waals surface area contributed by atoms with Gasteiger partial charge in [-0.25, -0.2) is 8.42 Å². The molecule has 26 heavy (non-hydrogen) atoms. The van der Waals surface area contributed by atoms with E-state index in [1.807, 2.05) is 12.1 Å². The Morgan fingerprint density at radius 2 is 1.85 bits per heavy atom. The van der Waals surface area contributed by atoms with E-state index in [4.69, 9.17) is 0 Å². The Balaban J connectivity index is 2.25. The third-order valence-electron chi connectivity index (χ3n) is 4.03. The summed E-state index contributed by atoms with van der Waals surface area (Å²) >= 11 is 0. The third kappa shape index (κ3) is 4.82. The number of carbonyl (C=O) groups excluding carboxylic acids is 1. The van der Waals surface area contributed by atoms with Crippen LogP contribution in [0.25, 0.3) is 0 Å². The molecule has 140 valence electrons.